The molecule has 0 unspecified atom stereocenters. The highest BCUT2D eigenvalue weighted by Gasteiger charge is 2.13. The number of ether oxygens (including phenoxy) is 1. The number of aromatic nitrogens is 3. The Labute approximate surface area is 181 Å². The van der Waals surface area contributed by atoms with Crippen molar-refractivity contribution in [3.63, 3.8) is 0 Å². The number of imidazole rings is 1. The van der Waals surface area contributed by atoms with E-state index in [1.165, 1.54) is 5.39 Å². The van der Waals surface area contributed by atoms with Gasteiger partial charge >= 0.3 is 0 Å². The van der Waals surface area contributed by atoms with Crippen molar-refractivity contribution in [3.05, 3.63) is 84.6 Å². The number of rotatable bonds is 10. The molecule has 4 N–H and O–H groups in total. The zero-order chi connectivity index (χ0) is 21.6. The molecule has 0 saturated heterocycles. The van der Waals surface area contributed by atoms with Crippen molar-refractivity contribution in [1.29, 1.82) is 0 Å². The van der Waals surface area contributed by atoms with E-state index in [2.05, 4.69) is 33.9 Å². The van der Waals surface area contributed by atoms with E-state index in [-0.39, 0.29) is 11.8 Å². The second-order valence-corrected chi connectivity index (χ2v) is 7.71. The van der Waals surface area contributed by atoms with Crippen LogP contribution in [-0.2, 0) is 24.4 Å². The lowest BCUT2D eigenvalue weighted by Crippen LogP contribution is -2.20. The maximum absolute atomic E-state index is 11.3. The molecule has 1 atom stereocenters. The summed E-state index contributed by atoms with van der Waals surface area (Å²) in [5, 5.41) is 1.18. The number of hydrogen-bond donors (Lipinski definition) is 2. The predicted octanol–water partition coefficient (Wildman–Crippen LogP) is 3.58. The lowest BCUT2D eigenvalue weighted by atomic mass is 10.1. The lowest BCUT2D eigenvalue weighted by Gasteiger charge is -2.19. The molecule has 4 rings (SSSR count). The fourth-order valence-electron chi connectivity index (χ4n) is 3.72. The molecule has 0 spiro atoms. The van der Waals surface area contributed by atoms with E-state index >= 15 is 0 Å². The zero-order valence-corrected chi connectivity index (χ0v) is 17.4. The Hall–Kier alpha value is -3.58. The molecule has 1 amide bonds. The SMILES string of the molecule is NC(=O)c1cn(C[C@H](CCCn2ccc3ccc(N)cc32)OCc2ccccc2)cn1. The molecule has 2 heterocycles. The van der Waals surface area contributed by atoms with E-state index in [1.54, 1.807) is 12.5 Å². The molecule has 7 heteroatoms. The zero-order valence-electron chi connectivity index (χ0n) is 17.4. The maximum Gasteiger partial charge on any atom is 0.268 e. The Morgan fingerprint density at radius 1 is 1.13 bits per heavy atom. The standard InChI is InChI=1S/C24H27N5O2/c25-20-9-8-19-10-12-29(23(19)13-20)11-4-7-21(31-16-18-5-2-1-3-6-18)14-28-15-22(24(26)30)27-17-28/h1-3,5-6,8-10,12-13,15,17,21H,4,7,11,14,16,25H2,(H2,26,30)/t21-/m0/s1. The largest absolute Gasteiger partial charge is 0.399 e. The number of hydrogen-bond acceptors (Lipinski definition) is 4. The van der Waals surface area contributed by atoms with E-state index in [9.17, 15) is 4.79 Å². The second-order valence-electron chi connectivity index (χ2n) is 7.71. The third-order valence-corrected chi connectivity index (χ3v) is 5.35. The molecule has 2 aromatic carbocycles. The fourth-order valence-corrected chi connectivity index (χ4v) is 3.72. The molecule has 0 fully saturated rings. The van der Waals surface area contributed by atoms with Gasteiger partial charge in [-0.05, 0) is 42.0 Å². The lowest BCUT2D eigenvalue weighted by molar-refractivity contribution is 0.0218. The first-order valence-corrected chi connectivity index (χ1v) is 10.4. The minimum Gasteiger partial charge on any atom is -0.399 e. The van der Waals surface area contributed by atoms with Crippen molar-refractivity contribution < 1.29 is 9.53 Å². The number of benzene rings is 2. The Bertz CT molecular complexity index is 1150. The van der Waals surface area contributed by atoms with Crippen LogP contribution in [0.2, 0.25) is 0 Å². The van der Waals surface area contributed by atoms with E-state index in [1.807, 2.05) is 41.0 Å². The smallest absolute Gasteiger partial charge is 0.268 e. The van der Waals surface area contributed by atoms with Gasteiger partial charge in [-0.1, -0.05) is 36.4 Å². The van der Waals surface area contributed by atoms with Crippen LogP contribution in [0.25, 0.3) is 10.9 Å². The van der Waals surface area contributed by atoms with Crippen LogP contribution in [0.1, 0.15) is 28.9 Å². The van der Waals surface area contributed by atoms with Gasteiger partial charge in [0.15, 0.2) is 0 Å². The summed E-state index contributed by atoms with van der Waals surface area (Å²) in [5.41, 5.74) is 14.6. The highest BCUT2D eigenvalue weighted by atomic mass is 16.5. The summed E-state index contributed by atoms with van der Waals surface area (Å²) in [5.74, 6) is -0.528. The number of carbonyl (C=O) groups excluding carboxylic acids is 1. The van der Waals surface area contributed by atoms with E-state index in [0.717, 1.165) is 36.2 Å². The summed E-state index contributed by atoms with van der Waals surface area (Å²) in [7, 11) is 0. The second kappa shape index (κ2) is 9.49. The first kappa shape index (κ1) is 20.7. The number of carbonyl (C=O) groups is 1. The highest BCUT2D eigenvalue weighted by molar-refractivity contribution is 5.90. The Balaban J connectivity index is 1.41. The molecule has 0 radical (unpaired) electrons. The normalized spacial score (nSPS) is 12.3. The number of primary amides is 1. The number of nitrogen functional groups attached to an aromatic ring is 1. The number of anilines is 1. The van der Waals surface area contributed by atoms with Crippen LogP contribution < -0.4 is 11.5 Å². The molecular formula is C24H27N5O2. The number of amides is 1. The van der Waals surface area contributed by atoms with Crippen molar-refractivity contribution in [2.24, 2.45) is 5.73 Å². The topological polar surface area (TPSA) is 101 Å². The van der Waals surface area contributed by atoms with Gasteiger partial charge in [-0.25, -0.2) is 4.98 Å². The van der Waals surface area contributed by atoms with Gasteiger partial charge < -0.3 is 25.3 Å². The van der Waals surface area contributed by atoms with Crippen LogP contribution in [-0.4, -0.2) is 26.1 Å². The average molecular weight is 418 g/mol. The average Bonchev–Trinajstić information content (AvgIpc) is 3.40. The summed E-state index contributed by atoms with van der Waals surface area (Å²) < 4.78 is 10.3. The van der Waals surface area contributed by atoms with Gasteiger partial charge in [0.25, 0.3) is 5.91 Å². The molecule has 4 aromatic rings. The van der Waals surface area contributed by atoms with Crippen LogP contribution in [0, 0.1) is 0 Å². The van der Waals surface area contributed by atoms with Crippen LogP contribution in [0.15, 0.2) is 73.3 Å². The minimum atomic E-state index is -0.528. The predicted molar refractivity (Wildman–Crippen MR) is 121 cm³/mol. The summed E-state index contributed by atoms with van der Waals surface area (Å²) in [4.78, 5) is 15.4. The molecule has 31 heavy (non-hydrogen) atoms. The first-order valence-electron chi connectivity index (χ1n) is 10.4. The van der Waals surface area contributed by atoms with Gasteiger partial charge in [0.05, 0.1) is 24.6 Å². The molecule has 0 aliphatic carbocycles. The molecule has 0 bridgehead atoms. The quantitative estimate of drug-likeness (QED) is 0.385. The van der Waals surface area contributed by atoms with E-state index < -0.39 is 5.91 Å². The van der Waals surface area contributed by atoms with Crippen molar-refractivity contribution in [3.8, 4) is 0 Å². The van der Waals surface area contributed by atoms with Gasteiger partial charge in [0.2, 0.25) is 0 Å². The highest BCUT2D eigenvalue weighted by Crippen LogP contribution is 2.20. The van der Waals surface area contributed by atoms with Crippen molar-refractivity contribution in [2.75, 3.05) is 5.73 Å². The Morgan fingerprint density at radius 3 is 2.74 bits per heavy atom. The van der Waals surface area contributed by atoms with Gasteiger partial charge in [0.1, 0.15) is 5.69 Å². The minimum absolute atomic E-state index is 0.0259. The Kier molecular flexibility index (Phi) is 6.33. The number of fused-ring (bicyclic) bond motifs is 1. The summed E-state index contributed by atoms with van der Waals surface area (Å²) >= 11 is 0. The number of aryl methyl sites for hydroxylation is 1. The molecule has 7 nitrogen and oxygen atoms in total. The van der Waals surface area contributed by atoms with Crippen molar-refractivity contribution in [1.82, 2.24) is 14.1 Å². The first-order chi connectivity index (χ1) is 15.1. The van der Waals surface area contributed by atoms with Crippen LogP contribution in [0.5, 0.6) is 0 Å². The van der Waals surface area contributed by atoms with Gasteiger partial charge in [-0.2, -0.15) is 0 Å². The number of nitrogens with two attached hydrogens (primary N) is 2. The Morgan fingerprint density at radius 2 is 1.97 bits per heavy atom. The van der Waals surface area contributed by atoms with Crippen LogP contribution >= 0.6 is 0 Å². The summed E-state index contributed by atoms with van der Waals surface area (Å²) in [6.07, 6.45) is 7.17. The molecule has 0 saturated carbocycles. The molecule has 0 aliphatic heterocycles. The van der Waals surface area contributed by atoms with Gasteiger partial charge in [0, 0.05) is 31.2 Å². The van der Waals surface area contributed by atoms with Crippen molar-refractivity contribution in [2.45, 2.75) is 38.6 Å². The van der Waals surface area contributed by atoms with Gasteiger partial charge in [-0.3, -0.25) is 4.79 Å². The molecular weight excluding hydrogens is 390 g/mol. The maximum atomic E-state index is 11.3. The van der Waals surface area contributed by atoms with Crippen LogP contribution in [0.4, 0.5) is 5.69 Å². The molecule has 2 aromatic heterocycles. The summed E-state index contributed by atoms with van der Waals surface area (Å²) in [6, 6.07) is 18.2. The fraction of sp³-hybridized carbons (Fsp3) is 0.250. The molecule has 0 aliphatic rings. The number of nitrogens with zero attached hydrogens (tertiary/aromatic N) is 3. The van der Waals surface area contributed by atoms with Crippen molar-refractivity contribution >= 4 is 22.5 Å². The molecule has 160 valence electrons. The van der Waals surface area contributed by atoms with E-state index in [0.29, 0.717) is 13.2 Å². The third kappa shape index (κ3) is 5.32. The van der Waals surface area contributed by atoms with Gasteiger partial charge in [-0.15, -0.1) is 0 Å². The third-order valence-electron chi connectivity index (χ3n) is 5.35. The van der Waals surface area contributed by atoms with Crippen LogP contribution in [0.3, 0.4) is 0 Å². The summed E-state index contributed by atoms with van der Waals surface area (Å²) in [6.45, 7) is 2.01. The monoisotopic (exact) mass is 417 g/mol. The van der Waals surface area contributed by atoms with E-state index in [4.69, 9.17) is 16.2 Å².